The summed E-state index contributed by atoms with van der Waals surface area (Å²) in [5.41, 5.74) is 5.90. The van der Waals surface area contributed by atoms with Gasteiger partial charge in [0.25, 0.3) is 5.69 Å². The third-order valence-corrected chi connectivity index (χ3v) is 12.7. The van der Waals surface area contributed by atoms with Gasteiger partial charge in [-0.3, -0.25) is 20.2 Å². The molecule has 0 bridgehead atoms. The van der Waals surface area contributed by atoms with Gasteiger partial charge in [-0.1, -0.05) is 64.1 Å². The maximum absolute atomic E-state index is 13.9. The summed E-state index contributed by atoms with van der Waals surface area (Å²) >= 11 is 0. The number of nitro groups is 2. The highest BCUT2D eigenvalue weighted by atomic mass is 19.1. The largest absolute Gasteiger partial charge is 0.494 e. The maximum Gasteiger partial charge on any atom is 0.307 e. The van der Waals surface area contributed by atoms with E-state index >= 15 is 0 Å². The van der Waals surface area contributed by atoms with Crippen LogP contribution in [-0.4, -0.2) is 129 Å². The first kappa shape index (κ1) is 56.0. The number of fused-ring (bicyclic) bond motifs is 2. The van der Waals surface area contributed by atoms with Gasteiger partial charge in [-0.05, 0) is 57.5 Å². The van der Waals surface area contributed by atoms with Gasteiger partial charge in [-0.15, -0.1) is 0 Å². The zero-order valence-corrected chi connectivity index (χ0v) is 44.3. The molecule has 0 fully saturated rings. The van der Waals surface area contributed by atoms with Crippen molar-refractivity contribution in [1.82, 2.24) is 44.2 Å². The molecule has 0 unspecified atom stereocenters. The summed E-state index contributed by atoms with van der Waals surface area (Å²) in [6, 6.07) is 24.9. The first-order chi connectivity index (χ1) is 36.2. The van der Waals surface area contributed by atoms with Crippen molar-refractivity contribution in [2.75, 3.05) is 96.2 Å². The Labute approximate surface area is 436 Å². The molecule has 0 aliphatic carbocycles. The fourth-order valence-electron chi connectivity index (χ4n) is 8.46. The Morgan fingerprint density at radius 2 is 1.09 bits per heavy atom. The van der Waals surface area contributed by atoms with E-state index in [-0.39, 0.29) is 28.0 Å². The second-order valence-electron chi connectivity index (χ2n) is 17.3. The van der Waals surface area contributed by atoms with Crippen LogP contribution in [0.1, 0.15) is 27.7 Å². The highest BCUT2D eigenvalue weighted by Gasteiger charge is 2.24. The normalized spacial score (nSPS) is 11.0. The highest BCUT2D eigenvalue weighted by molar-refractivity contribution is 5.96. The lowest BCUT2D eigenvalue weighted by Crippen LogP contribution is -2.33. The molecular formula is C54H67FN14O6. The Morgan fingerprint density at radius 1 is 0.640 bits per heavy atom. The van der Waals surface area contributed by atoms with Crippen LogP contribution in [-0.2, 0) is 14.1 Å². The summed E-state index contributed by atoms with van der Waals surface area (Å²) in [6.07, 6.45) is 7.25. The molecule has 0 radical (unpaired) electrons. The summed E-state index contributed by atoms with van der Waals surface area (Å²) < 4.78 is 28.7. The quantitative estimate of drug-likeness (QED) is 0.0451. The molecule has 0 amide bonds. The number of nitro benzene ring substituents is 2. The van der Waals surface area contributed by atoms with Gasteiger partial charge >= 0.3 is 5.69 Å². The van der Waals surface area contributed by atoms with Gasteiger partial charge in [-0.2, -0.15) is 4.39 Å². The standard InChI is InChI=1S/C27H33N7O3.C20H16FN5O3.C7H18N2/c1-6-33(7-2)15-14-31(3)24-17-26(37-5)22(16-25(24)34(35)36)30-27-28-13-12-21(29-27)20-18-32(4)23-11-9-8-10-19(20)23;1-25-11-13(12-5-3-4-6-17(12)25)15-7-8-22-20(23-15)24-16-10-18(26(27)28)14(21)9-19(16)29-2;1-4-9(5-2)7-6-8-3/h8-13,16-18H,6-7,14-15H2,1-5H3,(H,28,29,30);3-11H,1-2H3,(H,22,23,24);8H,4-7H2,1-3H3. The smallest absolute Gasteiger partial charge is 0.307 e. The lowest BCUT2D eigenvalue weighted by Gasteiger charge is -2.25. The lowest BCUT2D eigenvalue weighted by atomic mass is 10.1. The number of benzene rings is 4. The predicted molar refractivity (Wildman–Crippen MR) is 296 cm³/mol. The van der Waals surface area contributed by atoms with E-state index < -0.39 is 16.4 Å². The molecule has 0 aliphatic heterocycles. The van der Waals surface area contributed by atoms with Gasteiger partial charge < -0.3 is 49.3 Å². The molecular weight excluding hydrogens is 960 g/mol. The van der Waals surface area contributed by atoms with Crippen molar-refractivity contribution in [2.24, 2.45) is 14.1 Å². The third-order valence-electron chi connectivity index (χ3n) is 12.7. The molecule has 0 spiro atoms. The van der Waals surface area contributed by atoms with Crippen LogP contribution in [0.5, 0.6) is 11.5 Å². The first-order valence-electron chi connectivity index (χ1n) is 24.7. The van der Waals surface area contributed by atoms with Crippen LogP contribution in [0.3, 0.4) is 0 Å². The first-order valence-corrected chi connectivity index (χ1v) is 24.7. The number of hydrogen-bond donors (Lipinski definition) is 3. The van der Waals surface area contributed by atoms with Crippen molar-refractivity contribution < 1.29 is 23.7 Å². The van der Waals surface area contributed by atoms with Crippen LogP contribution < -0.4 is 30.3 Å². The second kappa shape index (κ2) is 26.6. The molecule has 21 heteroatoms. The molecule has 396 valence electrons. The summed E-state index contributed by atoms with van der Waals surface area (Å²) in [5, 5.41) is 34.3. The van der Waals surface area contributed by atoms with Crippen LogP contribution in [0, 0.1) is 26.0 Å². The SMILES string of the molecule is CCN(CC)CCN(C)c1cc(OC)c(Nc2nccc(-c3cn(C)c4ccccc34)n2)cc1[N+](=O)[O-].CCN(CC)CCNC.COc1cc(F)c([N+](=O)[O-])cc1Nc1nccc(-c2cn(C)c3ccccc23)n1. The Morgan fingerprint density at radius 3 is 1.55 bits per heavy atom. The third kappa shape index (κ3) is 13.9. The zero-order valence-electron chi connectivity index (χ0n) is 44.3. The van der Waals surface area contributed by atoms with E-state index in [1.165, 1.54) is 19.7 Å². The van der Waals surface area contributed by atoms with Gasteiger partial charge in [-0.25, -0.2) is 19.9 Å². The van der Waals surface area contributed by atoms with Gasteiger partial charge in [0.15, 0.2) is 0 Å². The highest BCUT2D eigenvalue weighted by Crippen LogP contribution is 2.40. The van der Waals surface area contributed by atoms with E-state index in [1.54, 1.807) is 31.6 Å². The number of para-hydroxylation sites is 2. The Balaban J connectivity index is 0.000000214. The number of aryl methyl sites for hydroxylation is 2. The number of nitrogens with one attached hydrogen (secondary N) is 3. The molecule has 4 aromatic carbocycles. The number of likely N-dealkylation sites (N-methyl/N-ethyl adjacent to an activating group) is 4. The molecule has 0 atom stereocenters. The van der Waals surface area contributed by atoms with E-state index in [9.17, 15) is 24.6 Å². The van der Waals surface area contributed by atoms with Crippen LogP contribution in [0.25, 0.3) is 44.3 Å². The summed E-state index contributed by atoms with van der Waals surface area (Å²) in [7, 11) is 10.7. The number of methoxy groups -OCH3 is 2. The molecule has 75 heavy (non-hydrogen) atoms. The van der Waals surface area contributed by atoms with E-state index in [2.05, 4.69) is 85.1 Å². The van der Waals surface area contributed by atoms with Gasteiger partial charge in [0.1, 0.15) is 17.2 Å². The number of rotatable bonds is 21. The second-order valence-corrected chi connectivity index (χ2v) is 17.3. The van der Waals surface area contributed by atoms with Crippen LogP contribution in [0.2, 0.25) is 0 Å². The molecule has 0 aliphatic rings. The van der Waals surface area contributed by atoms with Gasteiger partial charge in [0.05, 0.1) is 46.8 Å². The fourth-order valence-corrected chi connectivity index (χ4v) is 8.46. The molecule has 20 nitrogen and oxygen atoms in total. The predicted octanol–water partition coefficient (Wildman–Crippen LogP) is 10.1. The molecule has 4 heterocycles. The minimum absolute atomic E-state index is 0.0180. The Hall–Kier alpha value is -8.27. The Kier molecular flexibility index (Phi) is 19.9. The minimum Gasteiger partial charge on any atom is -0.494 e. The molecule has 3 N–H and O–H groups in total. The van der Waals surface area contributed by atoms with Crippen molar-refractivity contribution >= 4 is 62.1 Å². The molecule has 0 saturated heterocycles. The lowest BCUT2D eigenvalue weighted by molar-refractivity contribution is -0.387. The van der Waals surface area contributed by atoms with Crippen molar-refractivity contribution in [3.05, 3.63) is 136 Å². The number of aromatic nitrogens is 6. The van der Waals surface area contributed by atoms with Gasteiger partial charge in [0.2, 0.25) is 17.7 Å². The summed E-state index contributed by atoms with van der Waals surface area (Å²) in [6.45, 7) is 16.5. The monoisotopic (exact) mass is 1030 g/mol. The van der Waals surface area contributed by atoms with E-state index in [0.717, 1.165) is 90.0 Å². The van der Waals surface area contributed by atoms with Crippen LogP contribution >= 0.6 is 0 Å². The fraction of sp³-hybridized carbons (Fsp3) is 0.333. The average molecular weight is 1030 g/mol. The van der Waals surface area contributed by atoms with E-state index in [1.807, 2.05) is 92.5 Å². The summed E-state index contributed by atoms with van der Waals surface area (Å²) in [5.74, 6) is 0.111. The molecule has 0 saturated carbocycles. The number of halogens is 1. The van der Waals surface area contributed by atoms with Crippen molar-refractivity contribution in [1.29, 1.82) is 0 Å². The molecule has 4 aromatic heterocycles. The van der Waals surface area contributed by atoms with Crippen LogP contribution in [0.15, 0.2) is 110 Å². The van der Waals surface area contributed by atoms with Crippen molar-refractivity contribution in [2.45, 2.75) is 27.7 Å². The number of nitrogens with zero attached hydrogens (tertiary/aromatic N) is 11. The van der Waals surface area contributed by atoms with E-state index in [0.29, 0.717) is 35.3 Å². The topological polar surface area (TPSA) is 212 Å². The van der Waals surface area contributed by atoms with Crippen molar-refractivity contribution in [3.8, 4) is 34.0 Å². The summed E-state index contributed by atoms with van der Waals surface area (Å²) in [4.78, 5) is 46.2. The van der Waals surface area contributed by atoms with E-state index in [4.69, 9.17) is 14.5 Å². The zero-order chi connectivity index (χ0) is 54.2. The van der Waals surface area contributed by atoms with Gasteiger partial charge in [0, 0.05) is 129 Å². The minimum atomic E-state index is -0.983. The number of anilines is 5. The number of hydrogen-bond acceptors (Lipinski definition) is 16. The molecule has 8 rings (SSSR count). The number of ether oxygens (including phenoxy) is 2. The van der Waals surface area contributed by atoms with Crippen molar-refractivity contribution in [3.63, 3.8) is 0 Å². The average Bonchev–Trinajstić information content (AvgIpc) is 3.95. The van der Waals surface area contributed by atoms with Crippen LogP contribution in [0.4, 0.5) is 44.7 Å². The molecule has 8 aromatic rings. The Bertz CT molecular complexity index is 3190. The maximum atomic E-state index is 13.9.